The highest BCUT2D eigenvalue weighted by Gasteiger charge is 2.26. The van der Waals surface area contributed by atoms with Crippen molar-refractivity contribution in [3.63, 3.8) is 0 Å². The number of methoxy groups -OCH3 is 2. The summed E-state index contributed by atoms with van der Waals surface area (Å²) in [4.78, 5) is 13.7. The van der Waals surface area contributed by atoms with E-state index >= 15 is 0 Å². The topological polar surface area (TPSA) is 94.2 Å². The van der Waals surface area contributed by atoms with Crippen molar-refractivity contribution < 1.29 is 27.4 Å². The number of thioether (sulfide) groups is 1. The zero-order valence-corrected chi connectivity index (χ0v) is 19.3. The van der Waals surface area contributed by atoms with Crippen LogP contribution in [0.3, 0.4) is 0 Å². The number of hydrogen-bond donors (Lipinski definition) is 1. The summed E-state index contributed by atoms with van der Waals surface area (Å²) >= 11 is 1.38. The minimum atomic E-state index is -3.56. The molecule has 2 aromatic rings. The maximum absolute atomic E-state index is 12.7. The fourth-order valence-corrected chi connectivity index (χ4v) is 5.34. The Morgan fingerprint density at radius 3 is 2.32 bits per heavy atom. The molecule has 8 nitrogen and oxygen atoms in total. The van der Waals surface area contributed by atoms with Gasteiger partial charge in [-0.3, -0.25) is 4.79 Å². The summed E-state index contributed by atoms with van der Waals surface area (Å²) in [5.74, 6) is 1.02. The van der Waals surface area contributed by atoms with Crippen LogP contribution in [-0.2, 0) is 19.6 Å². The van der Waals surface area contributed by atoms with Gasteiger partial charge in [0.2, 0.25) is 15.9 Å². The molecule has 3 rings (SSSR count). The van der Waals surface area contributed by atoms with Gasteiger partial charge in [-0.05, 0) is 49.4 Å². The molecule has 1 aliphatic heterocycles. The highest BCUT2D eigenvalue weighted by atomic mass is 32.2. The van der Waals surface area contributed by atoms with Crippen molar-refractivity contribution in [2.45, 2.75) is 22.0 Å². The molecule has 0 bridgehead atoms. The van der Waals surface area contributed by atoms with E-state index < -0.39 is 10.0 Å². The first kappa shape index (κ1) is 23.4. The van der Waals surface area contributed by atoms with Crippen molar-refractivity contribution in [1.82, 2.24) is 4.31 Å². The van der Waals surface area contributed by atoms with E-state index in [-0.39, 0.29) is 16.1 Å². The Labute approximate surface area is 186 Å². The lowest BCUT2D eigenvalue weighted by Gasteiger charge is -2.26. The summed E-state index contributed by atoms with van der Waals surface area (Å²) in [6.07, 6.45) is 0. The van der Waals surface area contributed by atoms with Gasteiger partial charge < -0.3 is 19.5 Å². The third kappa shape index (κ3) is 5.70. The SMILES string of the molecule is COc1ccc(S[C@H](C)C(=O)Nc2ccc(S(=O)(=O)N3CCOCC3)cc2)cc1OC. The van der Waals surface area contributed by atoms with Crippen LogP contribution < -0.4 is 14.8 Å². The second-order valence-corrected chi connectivity index (χ2v) is 10.2. The van der Waals surface area contributed by atoms with E-state index in [1.807, 2.05) is 12.1 Å². The van der Waals surface area contributed by atoms with Crippen molar-refractivity contribution in [1.29, 1.82) is 0 Å². The number of sulfonamides is 1. The number of anilines is 1. The lowest BCUT2D eigenvalue weighted by atomic mass is 10.3. The first-order valence-corrected chi connectivity index (χ1v) is 12.0. The number of nitrogens with one attached hydrogen (secondary N) is 1. The maximum Gasteiger partial charge on any atom is 0.243 e. The number of benzene rings is 2. The second kappa shape index (κ2) is 10.4. The molecule has 0 aliphatic carbocycles. The molecule has 1 N–H and O–H groups in total. The maximum atomic E-state index is 12.7. The summed E-state index contributed by atoms with van der Waals surface area (Å²) in [5, 5.41) is 2.45. The van der Waals surface area contributed by atoms with Crippen LogP contribution in [-0.4, -0.2) is 64.4 Å². The average molecular weight is 467 g/mol. The van der Waals surface area contributed by atoms with Gasteiger partial charge in [-0.15, -0.1) is 11.8 Å². The van der Waals surface area contributed by atoms with Crippen LogP contribution in [0.4, 0.5) is 5.69 Å². The fourth-order valence-electron chi connectivity index (χ4n) is 3.04. The molecular weight excluding hydrogens is 440 g/mol. The molecule has 1 aliphatic rings. The normalized spacial score (nSPS) is 15.8. The van der Waals surface area contributed by atoms with Gasteiger partial charge in [0.25, 0.3) is 0 Å². The quantitative estimate of drug-likeness (QED) is 0.598. The summed E-state index contributed by atoms with van der Waals surface area (Å²) in [6, 6.07) is 11.7. The van der Waals surface area contributed by atoms with E-state index in [2.05, 4.69) is 5.32 Å². The summed E-state index contributed by atoms with van der Waals surface area (Å²) in [5.41, 5.74) is 0.533. The standard InChI is InChI=1S/C21H26N2O6S2/c1-15(30-17-6-9-19(27-2)20(14-17)28-3)21(24)22-16-4-7-18(8-5-16)31(25,26)23-10-12-29-13-11-23/h4-9,14-15H,10-13H2,1-3H3,(H,22,24)/t15-/m1/s1. The molecule has 10 heteroatoms. The van der Waals surface area contributed by atoms with Gasteiger partial charge in [0.15, 0.2) is 11.5 Å². The predicted octanol–water partition coefficient (Wildman–Crippen LogP) is 2.84. The molecule has 31 heavy (non-hydrogen) atoms. The number of morpholine rings is 1. The Balaban J connectivity index is 1.62. The highest BCUT2D eigenvalue weighted by Crippen LogP contribution is 2.33. The van der Waals surface area contributed by atoms with Gasteiger partial charge in [-0.25, -0.2) is 8.42 Å². The largest absolute Gasteiger partial charge is 0.493 e. The minimum absolute atomic E-state index is 0.191. The molecule has 1 amide bonds. The van der Waals surface area contributed by atoms with E-state index in [1.54, 1.807) is 39.3 Å². The van der Waals surface area contributed by atoms with E-state index in [4.69, 9.17) is 14.2 Å². The van der Waals surface area contributed by atoms with Gasteiger partial charge in [0, 0.05) is 23.7 Å². The number of hydrogen-bond acceptors (Lipinski definition) is 7. The van der Waals surface area contributed by atoms with Crippen molar-refractivity contribution in [2.24, 2.45) is 0 Å². The van der Waals surface area contributed by atoms with Gasteiger partial charge in [-0.1, -0.05) is 0 Å². The number of ether oxygens (including phenoxy) is 3. The third-order valence-corrected chi connectivity index (χ3v) is 7.77. The lowest BCUT2D eigenvalue weighted by Crippen LogP contribution is -2.40. The number of rotatable bonds is 8. The second-order valence-electron chi connectivity index (χ2n) is 6.81. The van der Waals surface area contributed by atoms with Crippen LogP contribution in [0.25, 0.3) is 0 Å². The highest BCUT2D eigenvalue weighted by molar-refractivity contribution is 8.00. The number of carbonyl (C=O) groups is 1. The average Bonchev–Trinajstić information content (AvgIpc) is 2.79. The molecule has 0 spiro atoms. The van der Waals surface area contributed by atoms with Crippen LogP contribution in [0.5, 0.6) is 11.5 Å². The Kier molecular flexibility index (Phi) is 7.82. The first-order chi connectivity index (χ1) is 14.8. The molecule has 168 valence electrons. The number of nitrogens with zero attached hydrogens (tertiary/aromatic N) is 1. The van der Waals surface area contributed by atoms with Crippen LogP contribution in [0.1, 0.15) is 6.92 Å². The zero-order chi connectivity index (χ0) is 22.4. The van der Waals surface area contributed by atoms with Crippen molar-refractivity contribution in [3.05, 3.63) is 42.5 Å². The smallest absolute Gasteiger partial charge is 0.243 e. The Morgan fingerprint density at radius 1 is 1.06 bits per heavy atom. The Morgan fingerprint density at radius 2 is 1.71 bits per heavy atom. The molecule has 0 radical (unpaired) electrons. The lowest BCUT2D eigenvalue weighted by molar-refractivity contribution is -0.115. The van der Waals surface area contributed by atoms with E-state index in [1.165, 1.54) is 28.2 Å². The minimum Gasteiger partial charge on any atom is -0.493 e. The molecule has 0 unspecified atom stereocenters. The molecule has 0 saturated carbocycles. The molecule has 1 saturated heterocycles. The summed E-state index contributed by atoms with van der Waals surface area (Å²) < 4.78 is 42.5. The molecule has 1 fully saturated rings. The Bertz CT molecular complexity index is 1010. The van der Waals surface area contributed by atoms with Gasteiger partial charge >= 0.3 is 0 Å². The van der Waals surface area contributed by atoms with E-state index in [0.717, 1.165) is 4.90 Å². The molecule has 0 aromatic heterocycles. The molecule has 2 aromatic carbocycles. The predicted molar refractivity (Wildman–Crippen MR) is 120 cm³/mol. The third-order valence-electron chi connectivity index (χ3n) is 4.77. The molecular formula is C21H26N2O6S2. The van der Waals surface area contributed by atoms with Crippen molar-refractivity contribution >= 4 is 33.4 Å². The van der Waals surface area contributed by atoms with Crippen LogP contribution >= 0.6 is 11.8 Å². The molecule has 1 atom stereocenters. The van der Waals surface area contributed by atoms with Crippen molar-refractivity contribution in [3.8, 4) is 11.5 Å². The number of amides is 1. The summed E-state index contributed by atoms with van der Waals surface area (Å²) in [6.45, 7) is 3.26. The van der Waals surface area contributed by atoms with Crippen LogP contribution in [0.15, 0.2) is 52.3 Å². The zero-order valence-electron chi connectivity index (χ0n) is 17.7. The van der Waals surface area contributed by atoms with Gasteiger partial charge in [0.05, 0.1) is 37.6 Å². The first-order valence-electron chi connectivity index (χ1n) is 9.72. The van der Waals surface area contributed by atoms with Crippen LogP contribution in [0.2, 0.25) is 0 Å². The fraction of sp³-hybridized carbons (Fsp3) is 0.381. The van der Waals surface area contributed by atoms with E-state index in [9.17, 15) is 13.2 Å². The number of carbonyl (C=O) groups excluding carboxylic acids is 1. The van der Waals surface area contributed by atoms with Gasteiger partial charge in [0.1, 0.15) is 0 Å². The Hall–Kier alpha value is -2.27. The van der Waals surface area contributed by atoms with Crippen LogP contribution in [0, 0.1) is 0 Å². The van der Waals surface area contributed by atoms with Gasteiger partial charge in [-0.2, -0.15) is 4.31 Å². The summed E-state index contributed by atoms with van der Waals surface area (Å²) in [7, 11) is -0.434. The monoisotopic (exact) mass is 466 g/mol. The van der Waals surface area contributed by atoms with Crippen molar-refractivity contribution in [2.75, 3.05) is 45.8 Å². The van der Waals surface area contributed by atoms with E-state index in [0.29, 0.717) is 43.5 Å². The molecule has 1 heterocycles.